The number of allylic oxidation sites excluding steroid dienone is 1. The van der Waals surface area contributed by atoms with Gasteiger partial charge in [0.25, 0.3) is 0 Å². The number of ketones is 1. The van der Waals surface area contributed by atoms with Crippen LogP contribution in [0.5, 0.6) is 0 Å². The lowest BCUT2D eigenvalue weighted by molar-refractivity contribution is -0.231. The predicted octanol–water partition coefficient (Wildman–Crippen LogP) is 1.16. The van der Waals surface area contributed by atoms with Gasteiger partial charge in [-0.2, -0.15) is 0 Å². The van der Waals surface area contributed by atoms with E-state index in [0.29, 0.717) is 12.2 Å². The van der Waals surface area contributed by atoms with E-state index in [4.69, 9.17) is 4.74 Å². The largest absolute Gasteiger partial charge is 0.480 e. The first kappa shape index (κ1) is 12.6. The van der Waals surface area contributed by atoms with Gasteiger partial charge in [-0.05, 0) is 20.3 Å². The molecular weight excluding hydrogens is 220 g/mol. The van der Waals surface area contributed by atoms with Crippen LogP contribution in [0.1, 0.15) is 40.5 Å². The van der Waals surface area contributed by atoms with E-state index >= 15 is 0 Å². The summed E-state index contributed by atoms with van der Waals surface area (Å²) >= 11 is 0. The number of carbonyl (C=O) groups excluding carboxylic acids is 1. The van der Waals surface area contributed by atoms with E-state index < -0.39 is 22.7 Å². The van der Waals surface area contributed by atoms with Crippen molar-refractivity contribution in [3.05, 3.63) is 11.8 Å². The molecule has 1 fully saturated rings. The molecule has 1 heterocycles. The fourth-order valence-electron chi connectivity index (χ4n) is 3.59. The third-order valence-electron chi connectivity index (χ3n) is 4.09. The molecule has 3 atom stereocenters. The Balaban J connectivity index is 2.53. The van der Waals surface area contributed by atoms with Gasteiger partial charge in [-0.25, -0.2) is 0 Å². The highest BCUT2D eigenvalue weighted by atomic mass is 16.5. The Bertz CT molecular complexity index is 374. The smallest absolute Gasteiger partial charge is 0.206 e. The van der Waals surface area contributed by atoms with Crippen molar-refractivity contribution in [2.24, 2.45) is 5.41 Å². The third kappa shape index (κ3) is 1.47. The van der Waals surface area contributed by atoms with Gasteiger partial charge >= 0.3 is 0 Å². The molecule has 2 aliphatic rings. The average Bonchev–Trinajstić information content (AvgIpc) is 2.38. The summed E-state index contributed by atoms with van der Waals surface area (Å²) in [7, 11) is 0. The Morgan fingerprint density at radius 2 is 1.94 bits per heavy atom. The van der Waals surface area contributed by atoms with E-state index in [1.54, 1.807) is 13.8 Å². The second kappa shape index (κ2) is 3.33. The van der Waals surface area contributed by atoms with Crippen LogP contribution >= 0.6 is 0 Å². The molecule has 17 heavy (non-hydrogen) atoms. The van der Waals surface area contributed by atoms with Crippen LogP contribution in [0.4, 0.5) is 0 Å². The van der Waals surface area contributed by atoms with E-state index in [9.17, 15) is 15.0 Å². The second-order valence-corrected chi connectivity index (χ2v) is 6.12. The van der Waals surface area contributed by atoms with Crippen LogP contribution in [0.2, 0.25) is 0 Å². The fourth-order valence-corrected chi connectivity index (χ4v) is 3.59. The molecule has 96 valence electrons. The van der Waals surface area contributed by atoms with Crippen LogP contribution in [0, 0.1) is 5.41 Å². The summed E-state index contributed by atoms with van der Waals surface area (Å²) in [6, 6.07) is 0. The minimum Gasteiger partial charge on any atom is -0.480 e. The van der Waals surface area contributed by atoms with Gasteiger partial charge in [0, 0.05) is 17.9 Å². The maximum absolute atomic E-state index is 12.3. The summed E-state index contributed by atoms with van der Waals surface area (Å²) in [5, 5.41) is 20.4. The molecule has 0 aromatic carbocycles. The second-order valence-electron chi connectivity index (χ2n) is 6.12. The Labute approximate surface area is 101 Å². The maximum atomic E-state index is 12.3. The van der Waals surface area contributed by atoms with Crippen molar-refractivity contribution < 1.29 is 19.7 Å². The summed E-state index contributed by atoms with van der Waals surface area (Å²) < 4.78 is 5.73. The van der Waals surface area contributed by atoms with Crippen molar-refractivity contribution in [1.29, 1.82) is 0 Å². The first-order chi connectivity index (χ1) is 7.62. The van der Waals surface area contributed by atoms with Gasteiger partial charge < -0.3 is 14.9 Å². The van der Waals surface area contributed by atoms with Crippen molar-refractivity contribution >= 4 is 5.78 Å². The van der Waals surface area contributed by atoms with Crippen molar-refractivity contribution in [3.63, 3.8) is 0 Å². The molecule has 1 saturated carbocycles. The van der Waals surface area contributed by atoms with Gasteiger partial charge in [0.1, 0.15) is 5.60 Å². The number of aliphatic hydroxyl groups excluding tert-OH is 1. The van der Waals surface area contributed by atoms with Gasteiger partial charge in [0.05, 0.1) is 11.9 Å². The topological polar surface area (TPSA) is 66.8 Å². The highest BCUT2D eigenvalue weighted by Crippen LogP contribution is 2.54. The Morgan fingerprint density at radius 3 is 2.35 bits per heavy atom. The first-order valence-electron chi connectivity index (χ1n) is 5.95. The molecule has 0 bridgehead atoms. The number of carbonyl (C=O) groups is 1. The number of hydrogen-bond donors (Lipinski definition) is 2. The molecule has 1 spiro atoms. The fraction of sp³-hybridized carbons (Fsp3) is 0.769. The zero-order chi connectivity index (χ0) is 13.1. The lowest BCUT2D eigenvalue weighted by Crippen LogP contribution is -2.69. The molecule has 0 saturated heterocycles. The summed E-state index contributed by atoms with van der Waals surface area (Å²) in [6.45, 7) is 6.99. The molecular formula is C13H20O4. The zero-order valence-corrected chi connectivity index (χ0v) is 10.8. The highest BCUT2D eigenvalue weighted by Gasteiger charge is 2.68. The van der Waals surface area contributed by atoms with Gasteiger partial charge in [-0.15, -0.1) is 0 Å². The molecule has 0 unspecified atom stereocenters. The van der Waals surface area contributed by atoms with E-state index in [2.05, 4.69) is 0 Å². The van der Waals surface area contributed by atoms with Crippen LogP contribution in [-0.4, -0.2) is 33.3 Å². The van der Waals surface area contributed by atoms with Gasteiger partial charge in [0.15, 0.2) is 0 Å². The Hall–Kier alpha value is -0.870. The number of rotatable bonds is 0. The van der Waals surface area contributed by atoms with Crippen LogP contribution < -0.4 is 0 Å². The standard InChI is InChI=1S/C13H20O4/c1-8-5-10(15)13(17-8)11(2,3)6-9(14)7-12(13,4)16/h5,9,14,16H,6-7H2,1-4H3/t9-,12+,13+/m0/s1. The minimum atomic E-state index is -1.36. The summed E-state index contributed by atoms with van der Waals surface area (Å²) in [4.78, 5) is 12.3. The van der Waals surface area contributed by atoms with Crippen LogP contribution in [0.3, 0.4) is 0 Å². The molecule has 1 aliphatic heterocycles. The molecule has 4 nitrogen and oxygen atoms in total. The lowest BCUT2D eigenvalue weighted by Gasteiger charge is -2.55. The van der Waals surface area contributed by atoms with E-state index in [1.165, 1.54) is 6.08 Å². The summed E-state index contributed by atoms with van der Waals surface area (Å²) in [6.07, 6.45) is 1.43. The number of hydrogen-bond acceptors (Lipinski definition) is 4. The summed E-state index contributed by atoms with van der Waals surface area (Å²) in [5.74, 6) is 0.330. The normalized spacial score (nSPS) is 44.7. The third-order valence-corrected chi connectivity index (χ3v) is 4.09. The number of ether oxygens (including phenoxy) is 1. The van der Waals surface area contributed by atoms with E-state index in [1.807, 2.05) is 13.8 Å². The molecule has 1 aliphatic carbocycles. The van der Waals surface area contributed by atoms with Gasteiger partial charge in [-0.3, -0.25) is 4.79 Å². The minimum absolute atomic E-state index is 0.156. The Morgan fingerprint density at radius 1 is 1.35 bits per heavy atom. The highest BCUT2D eigenvalue weighted by molar-refractivity contribution is 6.01. The molecule has 4 heteroatoms. The molecule has 2 rings (SSSR count). The van der Waals surface area contributed by atoms with Crippen molar-refractivity contribution in [2.75, 3.05) is 0 Å². The molecule has 0 radical (unpaired) electrons. The van der Waals surface area contributed by atoms with E-state index in [0.717, 1.165) is 0 Å². The van der Waals surface area contributed by atoms with Crippen molar-refractivity contribution in [3.8, 4) is 0 Å². The SMILES string of the molecule is CC1=CC(=O)[C@@]2(O1)C(C)(C)C[C@H](O)C[C@@]2(C)O. The van der Waals surface area contributed by atoms with Crippen molar-refractivity contribution in [1.82, 2.24) is 0 Å². The molecule has 0 amide bonds. The van der Waals surface area contributed by atoms with Gasteiger partial charge in [0.2, 0.25) is 11.4 Å². The van der Waals surface area contributed by atoms with Gasteiger partial charge in [-0.1, -0.05) is 13.8 Å². The maximum Gasteiger partial charge on any atom is 0.206 e. The van der Waals surface area contributed by atoms with Crippen LogP contribution in [0.25, 0.3) is 0 Å². The molecule has 0 aromatic rings. The van der Waals surface area contributed by atoms with Crippen LogP contribution in [0.15, 0.2) is 11.8 Å². The summed E-state index contributed by atoms with van der Waals surface area (Å²) in [5.41, 5.74) is -3.23. The zero-order valence-electron chi connectivity index (χ0n) is 10.8. The average molecular weight is 240 g/mol. The number of aliphatic hydroxyl groups is 2. The van der Waals surface area contributed by atoms with Crippen molar-refractivity contribution in [2.45, 2.75) is 57.8 Å². The molecule has 2 N–H and O–H groups in total. The van der Waals surface area contributed by atoms with E-state index in [-0.39, 0.29) is 12.2 Å². The lowest BCUT2D eigenvalue weighted by atomic mass is 9.56. The first-order valence-corrected chi connectivity index (χ1v) is 5.95. The quantitative estimate of drug-likeness (QED) is 0.667. The predicted molar refractivity (Wildman–Crippen MR) is 62.2 cm³/mol. The monoisotopic (exact) mass is 240 g/mol. The Kier molecular flexibility index (Phi) is 2.46. The molecule has 0 aromatic heterocycles. The van der Waals surface area contributed by atoms with Crippen LogP contribution in [-0.2, 0) is 9.53 Å².